The van der Waals surface area contributed by atoms with Crippen LogP contribution in [0.4, 0.5) is 0 Å². The van der Waals surface area contributed by atoms with E-state index in [9.17, 15) is 9.59 Å². The molecule has 2 aliphatic rings. The number of methoxy groups -OCH3 is 1. The quantitative estimate of drug-likeness (QED) is 0.788. The van der Waals surface area contributed by atoms with E-state index in [2.05, 4.69) is 6.08 Å². The van der Waals surface area contributed by atoms with Crippen LogP contribution in [0.5, 0.6) is 11.5 Å². The van der Waals surface area contributed by atoms with E-state index in [1.54, 1.807) is 14.0 Å². The second-order valence-electron chi connectivity index (χ2n) is 6.96. The maximum absolute atomic E-state index is 12.3. The Morgan fingerprint density at radius 1 is 1.29 bits per heavy atom. The van der Waals surface area contributed by atoms with E-state index in [-0.39, 0.29) is 17.7 Å². The molecule has 0 bridgehead atoms. The summed E-state index contributed by atoms with van der Waals surface area (Å²) in [6.45, 7) is 3.82. The third-order valence-corrected chi connectivity index (χ3v) is 5.17. The molecule has 1 fully saturated rings. The standard InChI is InChI=1S/C20H24O4/c1-13-11-14(16-8-7-15(23-3)12-17(16)24-13)9-10-20(2)18(21)5-4-6-19(20)22/h7-9,12-13H,4-6,10-11H2,1-3H3/b14-9-/t13-/m1/s1. The summed E-state index contributed by atoms with van der Waals surface area (Å²) < 4.78 is 11.2. The van der Waals surface area contributed by atoms with Crippen molar-refractivity contribution in [2.24, 2.45) is 5.41 Å². The van der Waals surface area contributed by atoms with Crippen LogP contribution < -0.4 is 9.47 Å². The average Bonchev–Trinajstić information content (AvgIpc) is 2.57. The van der Waals surface area contributed by atoms with Crippen molar-refractivity contribution in [3.05, 3.63) is 29.8 Å². The number of carbonyl (C=O) groups is 2. The van der Waals surface area contributed by atoms with Crippen molar-refractivity contribution in [2.45, 2.75) is 52.1 Å². The van der Waals surface area contributed by atoms with Crippen LogP contribution in [0.1, 0.15) is 51.5 Å². The van der Waals surface area contributed by atoms with E-state index in [0.717, 1.165) is 29.1 Å². The monoisotopic (exact) mass is 328 g/mol. The number of hydrogen-bond acceptors (Lipinski definition) is 4. The number of Topliss-reactive ketones (excluding diaryl/α,β-unsaturated/α-hetero) is 2. The van der Waals surface area contributed by atoms with Gasteiger partial charge in [0.2, 0.25) is 0 Å². The van der Waals surface area contributed by atoms with Gasteiger partial charge in [-0.25, -0.2) is 0 Å². The molecule has 0 saturated heterocycles. The normalized spacial score (nSPS) is 24.5. The van der Waals surface area contributed by atoms with Crippen LogP contribution in [0, 0.1) is 5.41 Å². The molecule has 0 unspecified atom stereocenters. The number of fused-ring (bicyclic) bond motifs is 1. The molecule has 1 aromatic carbocycles. The summed E-state index contributed by atoms with van der Waals surface area (Å²) in [4.78, 5) is 24.6. The Hall–Kier alpha value is -2.10. The van der Waals surface area contributed by atoms with E-state index in [1.807, 2.05) is 25.1 Å². The Balaban J connectivity index is 1.91. The fourth-order valence-electron chi connectivity index (χ4n) is 3.54. The first kappa shape index (κ1) is 16.7. The molecule has 1 aliphatic carbocycles. The minimum absolute atomic E-state index is 0.0569. The molecule has 1 heterocycles. The molecule has 0 radical (unpaired) electrons. The van der Waals surface area contributed by atoms with Gasteiger partial charge in [-0.1, -0.05) is 6.08 Å². The predicted molar refractivity (Wildman–Crippen MR) is 92.3 cm³/mol. The molecule has 1 aromatic rings. The number of benzene rings is 1. The van der Waals surface area contributed by atoms with Crippen molar-refractivity contribution >= 4 is 17.1 Å². The molecule has 0 spiro atoms. The number of ketones is 2. The molecule has 4 heteroatoms. The molecular formula is C20H24O4. The lowest BCUT2D eigenvalue weighted by Gasteiger charge is -2.31. The van der Waals surface area contributed by atoms with Crippen molar-refractivity contribution in [1.82, 2.24) is 0 Å². The van der Waals surface area contributed by atoms with Crippen LogP contribution >= 0.6 is 0 Å². The van der Waals surface area contributed by atoms with Gasteiger partial charge in [-0.3, -0.25) is 9.59 Å². The maximum Gasteiger partial charge on any atom is 0.146 e. The largest absolute Gasteiger partial charge is 0.497 e. The Bertz CT molecular complexity index is 686. The number of hydrogen-bond donors (Lipinski definition) is 0. The van der Waals surface area contributed by atoms with E-state index < -0.39 is 5.41 Å². The van der Waals surface area contributed by atoms with E-state index in [0.29, 0.717) is 25.7 Å². The number of ether oxygens (including phenoxy) is 2. The van der Waals surface area contributed by atoms with Crippen molar-refractivity contribution in [1.29, 1.82) is 0 Å². The van der Waals surface area contributed by atoms with Crippen molar-refractivity contribution < 1.29 is 19.1 Å². The highest BCUT2D eigenvalue weighted by Crippen LogP contribution is 2.40. The van der Waals surface area contributed by atoms with Crippen LogP contribution in [0.25, 0.3) is 5.57 Å². The molecule has 24 heavy (non-hydrogen) atoms. The van der Waals surface area contributed by atoms with Crippen LogP contribution in [0.2, 0.25) is 0 Å². The van der Waals surface area contributed by atoms with E-state index >= 15 is 0 Å². The van der Waals surface area contributed by atoms with Crippen LogP contribution in [-0.2, 0) is 9.59 Å². The first-order valence-electron chi connectivity index (χ1n) is 8.55. The van der Waals surface area contributed by atoms with E-state index in [1.165, 1.54) is 0 Å². The second-order valence-corrected chi connectivity index (χ2v) is 6.96. The van der Waals surface area contributed by atoms with Crippen LogP contribution in [0.15, 0.2) is 24.3 Å². The van der Waals surface area contributed by atoms with Crippen molar-refractivity contribution in [2.75, 3.05) is 7.11 Å². The number of allylic oxidation sites excluding steroid dienone is 1. The van der Waals surface area contributed by atoms with Gasteiger partial charge in [0.25, 0.3) is 0 Å². The molecule has 4 nitrogen and oxygen atoms in total. The summed E-state index contributed by atoms with van der Waals surface area (Å²) in [5.41, 5.74) is 1.30. The van der Waals surface area contributed by atoms with Crippen LogP contribution in [0.3, 0.4) is 0 Å². The number of carbonyl (C=O) groups excluding carboxylic acids is 2. The third-order valence-electron chi connectivity index (χ3n) is 5.17. The van der Waals surface area contributed by atoms with Gasteiger partial charge in [0.15, 0.2) is 0 Å². The van der Waals surface area contributed by atoms with Gasteiger partial charge in [-0.15, -0.1) is 0 Å². The van der Waals surface area contributed by atoms with Gasteiger partial charge < -0.3 is 9.47 Å². The zero-order valence-electron chi connectivity index (χ0n) is 14.6. The topological polar surface area (TPSA) is 52.6 Å². The second kappa shape index (κ2) is 6.42. The summed E-state index contributed by atoms with van der Waals surface area (Å²) in [5, 5.41) is 0. The highest BCUT2D eigenvalue weighted by atomic mass is 16.5. The zero-order chi connectivity index (χ0) is 17.3. The summed E-state index contributed by atoms with van der Waals surface area (Å²) in [5.74, 6) is 1.70. The Morgan fingerprint density at radius 2 is 2.00 bits per heavy atom. The minimum Gasteiger partial charge on any atom is -0.497 e. The molecular weight excluding hydrogens is 304 g/mol. The van der Waals surface area contributed by atoms with Gasteiger partial charge in [-0.05, 0) is 44.4 Å². The summed E-state index contributed by atoms with van der Waals surface area (Å²) in [7, 11) is 1.63. The Kier molecular flexibility index (Phi) is 4.48. The Labute approximate surface area is 142 Å². The maximum atomic E-state index is 12.3. The molecule has 0 amide bonds. The van der Waals surface area contributed by atoms with Crippen LogP contribution in [-0.4, -0.2) is 24.8 Å². The fraction of sp³-hybridized carbons (Fsp3) is 0.500. The average molecular weight is 328 g/mol. The van der Waals surface area contributed by atoms with E-state index in [4.69, 9.17) is 9.47 Å². The molecule has 1 aliphatic heterocycles. The lowest BCUT2D eigenvalue weighted by atomic mass is 9.71. The highest BCUT2D eigenvalue weighted by Gasteiger charge is 2.41. The van der Waals surface area contributed by atoms with Crippen molar-refractivity contribution in [3.63, 3.8) is 0 Å². The van der Waals surface area contributed by atoms with Gasteiger partial charge in [-0.2, -0.15) is 0 Å². The molecule has 3 rings (SSSR count). The minimum atomic E-state index is -0.862. The van der Waals surface area contributed by atoms with Gasteiger partial charge >= 0.3 is 0 Å². The van der Waals surface area contributed by atoms with Gasteiger partial charge in [0, 0.05) is 30.9 Å². The molecule has 1 atom stereocenters. The Morgan fingerprint density at radius 3 is 2.67 bits per heavy atom. The number of rotatable bonds is 3. The smallest absolute Gasteiger partial charge is 0.146 e. The van der Waals surface area contributed by atoms with Gasteiger partial charge in [0.05, 0.1) is 18.6 Å². The predicted octanol–water partition coefficient (Wildman–Crippen LogP) is 3.97. The summed E-state index contributed by atoms with van der Waals surface area (Å²) in [6, 6.07) is 5.78. The molecule has 0 N–H and O–H groups in total. The lowest BCUT2D eigenvalue weighted by Crippen LogP contribution is -2.39. The highest BCUT2D eigenvalue weighted by molar-refractivity contribution is 6.08. The summed E-state index contributed by atoms with van der Waals surface area (Å²) in [6.07, 6.45) is 5.08. The van der Waals surface area contributed by atoms with Gasteiger partial charge in [0.1, 0.15) is 23.1 Å². The fourth-order valence-corrected chi connectivity index (χ4v) is 3.54. The third kappa shape index (κ3) is 2.97. The first-order valence-corrected chi connectivity index (χ1v) is 8.55. The molecule has 1 saturated carbocycles. The summed E-state index contributed by atoms with van der Waals surface area (Å²) >= 11 is 0. The zero-order valence-corrected chi connectivity index (χ0v) is 14.6. The lowest BCUT2D eigenvalue weighted by molar-refractivity contribution is -0.142. The molecule has 128 valence electrons. The van der Waals surface area contributed by atoms with Crippen molar-refractivity contribution in [3.8, 4) is 11.5 Å². The first-order chi connectivity index (χ1) is 11.4. The molecule has 0 aromatic heterocycles. The SMILES string of the molecule is COc1ccc2c(c1)O[C@H](C)C/C2=C/CC1(C)C(=O)CCCC1=O.